The first-order chi connectivity index (χ1) is 12.4. The van der Waals surface area contributed by atoms with Crippen LogP contribution in [0.2, 0.25) is 0 Å². The number of sulfonamides is 1. The molecule has 2 atom stereocenters. The van der Waals surface area contributed by atoms with Gasteiger partial charge in [-0.3, -0.25) is 0 Å². The molecule has 1 unspecified atom stereocenters. The fraction of sp³-hybridized carbons (Fsp3) is 0.400. The van der Waals surface area contributed by atoms with Crippen LogP contribution in [0.15, 0.2) is 48.5 Å². The summed E-state index contributed by atoms with van der Waals surface area (Å²) in [6, 6.07) is 16.0. The summed E-state index contributed by atoms with van der Waals surface area (Å²) in [5, 5.41) is 3.45. The molecule has 2 N–H and O–H groups in total. The molecular formula is C20H26N2O3S. The van der Waals surface area contributed by atoms with E-state index >= 15 is 0 Å². The van der Waals surface area contributed by atoms with Gasteiger partial charge in [0.2, 0.25) is 10.0 Å². The summed E-state index contributed by atoms with van der Waals surface area (Å²) in [4.78, 5) is 0. The van der Waals surface area contributed by atoms with E-state index in [2.05, 4.69) is 22.2 Å². The van der Waals surface area contributed by atoms with E-state index in [1.54, 1.807) is 0 Å². The van der Waals surface area contributed by atoms with Crippen molar-refractivity contribution in [2.24, 2.45) is 0 Å². The molecule has 1 heterocycles. The maximum Gasteiger partial charge on any atom is 0.209 e. The second-order valence-corrected chi connectivity index (χ2v) is 8.65. The van der Waals surface area contributed by atoms with Crippen molar-refractivity contribution in [3.63, 3.8) is 0 Å². The Morgan fingerprint density at radius 1 is 1.15 bits per heavy atom. The van der Waals surface area contributed by atoms with E-state index in [1.165, 1.54) is 11.8 Å². The van der Waals surface area contributed by atoms with E-state index in [-0.39, 0.29) is 12.1 Å². The first-order valence-electron chi connectivity index (χ1n) is 8.92. The van der Waals surface area contributed by atoms with E-state index < -0.39 is 10.0 Å². The monoisotopic (exact) mass is 374 g/mol. The SMILES string of the molecule is C[C@@H](NS(C)(=O)=O)c1ccc(CNCC2CCc3ccccc3O2)cc1. The van der Waals surface area contributed by atoms with Crippen molar-refractivity contribution in [1.82, 2.24) is 10.0 Å². The predicted molar refractivity (Wildman–Crippen MR) is 104 cm³/mol. The van der Waals surface area contributed by atoms with Gasteiger partial charge < -0.3 is 10.1 Å². The molecule has 1 aliphatic heterocycles. The molecule has 2 aromatic rings. The highest BCUT2D eigenvalue weighted by Gasteiger charge is 2.18. The van der Waals surface area contributed by atoms with E-state index in [4.69, 9.17) is 4.74 Å². The molecule has 0 fully saturated rings. The molecule has 1 aliphatic rings. The van der Waals surface area contributed by atoms with Gasteiger partial charge in [-0.2, -0.15) is 0 Å². The smallest absolute Gasteiger partial charge is 0.209 e. The molecule has 3 rings (SSSR count). The second-order valence-electron chi connectivity index (χ2n) is 6.87. The van der Waals surface area contributed by atoms with Crippen LogP contribution in [0.4, 0.5) is 0 Å². The highest BCUT2D eigenvalue weighted by atomic mass is 32.2. The molecule has 0 aliphatic carbocycles. The minimum atomic E-state index is -3.21. The summed E-state index contributed by atoms with van der Waals surface area (Å²) in [6.45, 7) is 3.41. The topological polar surface area (TPSA) is 67.4 Å². The summed E-state index contributed by atoms with van der Waals surface area (Å²) >= 11 is 0. The van der Waals surface area contributed by atoms with E-state index in [0.29, 0.717) is 0 Å². The molecule has 5 nitrogen and oxygen atoms in total. The Bertz CT molecular complexity index is 834. The van der Waals surface area contributed by atoms with E-state index in [0.717, 1.165) is 42.8 Å². The van der Waals surface area contributed by atoms with Crippen molar-refractivity contribution in [3.05, 3.63) is 65.2 Å². The molecule has 0 spiro atoms. The van der Waals surface area contributed by atoms with Gasteiger partial charge in [0, 0.05) is 19.1 Å². The van der Waals surface area contributed by atoms with Crippen molar-refractivity contribution in [3.8, 4) is 5.75 Å². The molecule has 6 heteroatoms. The molecule has 0 saturated heterocycles. The van der Waals surface area contributed by atoms with Crippen LogP contribution >= 0.6 is 0 Å². The Kier molecular flexibility index (Phi) is 5.96. The van der Waals surface area contributed by atoms with Crippen LogP contribution in [-0.2, 0) is 23.0 Å². The number of rotatable bonds is 7. The average Bonchev–Trinajstić information content (AvgIpc) is 2.61. The van der Waals surface area contributed by atoms with Crippen molar-refractivity contribution < 1.29 is 13.2 Å². The number of benzene rings is 2. The number of hydrogen-bond acceptors (Lipinski definition) is 4. The maximum absolute atomic E-state index is 11.3. The van der Waals surface area contributed by atoms with Crippen molar-refractivity contribution in [2.45, 2.75) is 38.5 Å². The Morgan fingerprint density at radius 2 is 1.88 bits per heavy atom. The summed E-state index contributed by atoms with van der Waals surface area (Å²) in [5.41, 5.74) is 3.40. The third-order valence-corrected chi connectivity index (χ3v) is 5.36. The lowest BCUT2D eigenvalue weighted by Crippen LogP contribution is -2.33. The second kappa shape index (κ2) is 8.20. The van der Waals surface area contributed by atoms with Gasteiger partial charge in [0.25, 0.3) is 0 Å². The Hall–Kier alpha value is -1.89. The van der Waals surface area contributed by atoms with Crippen molar-refractivity contribution in [2.75, 3.05) is 12.8 Å². The Labute approximate surface area is 155 Å². The molecule has 140 valence electrons. The van der Waals surface area contributed by atoms with Crippen LogP contribution in [0.1, 0.15) is 36.1 Å². The van der Waals surface area contributed by atoms with Gasteiger partial charge in [-0.1, -0.05) is 42.5 Å². The molecule has 0 radical (unpaired) electrons. The van der Waals surface area contributed by atoms with Crippen molar-refractivity contribution in [1.29, 1.82) is 0 Å². The van der Waals surface area contributed by atoms with Crippen LogP contribution in [0.3, 0.4) is 0 Å². The van der Waals surface area contributed by atoms with Gasteiger partial charge in [-0.15, -0.1) is 0 Å². The lowest BCUT2D eigenvalue weighted by molar-refractivity contribution is 0.170. The maximum atomic E-state index is 11.3. The fourth-order valence-electron chi connectivity index (χ4n) is 3.21. The lowest BCUT2D eigenvalue weighted by Gasteiger charge is -2.26. The zero-order chi connectivity index (χ0) is 18.6. The molecule has 0 saturated carbocycles. The number of hydrogen-bond donors (Lipinski definition) is 2. The summed E-state index contributed by atoms with van der Waals surface area (Å²) in [7, 11) is -3.21. The summed E-state index contributed by atoms with van der Waals surface area (Å²) < 4.78 is 31.3. The first kappa shape index (κ1) is 18.9. The predicted octanol–water partition coefficient (Wildman–Crippen LogP) is 2.78. The highest BCUT2D eigenvalue weighted by Crippen LogP contribution is 2.26. The van der Waals surface area contributed by atoms with Crippen LogP contribution < -0.4 is 14.8 Å². The first-order valence-corrected chi connectivity index (χ1v) is 10.8. The van der Waals surface area contributed by atoms with Crippen LogP contribution in [0, 0.1) is 0 Å². The highest BCUT2D eigenvalue weighted by molar-refractivity contribution is 7.88. The van der Waals surface area contributed by atoms with Crippen LogP contribution in [0.25, 0.3) is 0 Å². The zero-order valence-corrected chi connectivity index (χ0v) is 16.1. The number of ether oxygens (including phenoxy) is 1. The van der Waals surface area contributed by atoms with Gasteiger partial charge in [-0.25, -0.2) is 13.1 Å². The third kappa shape index (κ3) is 5.30. The van der Waals surface area contributed by atoms with Crippen molar-refractivity contribution >= 4 is 10.0 Å². The molecule has 0 amide bonds. The Morgan fingerprint density at radius 3 is 2.62 bits per heavy atom. The fourth-order valence-corrected chi connectivity index (χ4v) is 3.99. The molecular weight excluding hydrogens is 348 g/mol. The minimum absolute atomic E-state index is 0.197. The summed E-state index contributed by atoms with van der Waals surface area (Å²) in [6.07, 6.45) is 3.45. The minimum Gasteiger partial charge on any atom is -0.489 e. The van der Waals surface area contributed by atoms with Gasteiger partial charge in [0.05, 0.1) is 6.26 Å². The zero-order valence-electron chi connectivity index (χ0n) is 15.2. The molecule has 26 heavy (non-hydrogen) atoms. The van der Waals surface area contributed by atoms with Crippen LogP contribution in [-0.4, -0.2) is 27.3 Å². The third-order valence-electron chi connectivity index (χ3n) is 4.57. The van der Waals surface area contributed by atoms with Gasteiger partial charge in [-0.05, 0) is 42.5 Å². The van der Waals surface area contributed by atoms with Gasteiger partial charge in [0.15, 0.2) is 0 Å². The summed E-state index contributed by atoms with van der Waals surface area (Å²) in [5.74, 6) is 1.00. The lowest BCUT2D eigenvalue weighted by atomic mass is 10.0. The molecule has 0 aromatic heterocycles. The molecule has 2 aromatic carbocycles. The number of aryl methyl sites for hydroxylation is 1. The quantitative estimate of drug-likeness (QED) is 0.782. The van der Waals surface area contributed by atoms with Gasteiger partial charge in [0.1, 0.15) is 11.9 Å². The standard InChI is InChI=1S/C20H26N2O3S/c1-15(22-26(2,23)24)17-9-7-16(8-10-17)13-21-14-19-12-11-18-5-3-4-6-20(18)25-19/h3-10,15,19,21-22H,11-14H2,1-2H3/t15-,19?/m1/s1. The van der Waals surface area contributed by atoms with E-state index in [1.807, 2.05) is 43.3 Å². The molecule has 0 bridgehead atoms. The Balaban J connectivity index is 1.47. The normalized spacial score (nSPS) is 18.0. The van der Waals surface area contributed by atoms with E-state index in [9.17, 15) is 8.42 Å². The number of fused-ring (bicyclic) bond motifs is 1. The van der Waals surface area contributed by atoms with Crippen LogP contribution in [0.5, 0.6) is 5.75 Å². The van der Waals surface area contributed by atoms with Gasteiger partial charge >= 0.3 is 0 Å². The largest absolute Gasteiger partial charge is 0.489 e. The average molecular weight is 375 g/mol. The number of para-hydroxylation sites is 1. The number of nitrogens with one attached hydrogen (secondary N) is 2.